The second-order valence-electron chi connectivity index (χ2n) is 6.06. The van der Waals surface area contributed by atoms with E-state index in [2.05, 4.69) is 10.3 Å². The lowest BCUT2D eigenvalue weighted by Crippen LogP contribution is -2.34. The molecule has 0 aliphatic heterocycles. The number of rotatable bonds is 4. The molecule has 5 heteroatoms. The number of nitrogens with zero attached hydrogens (tertiary/aromatic N) is 2. The van der Waals surface area contributed by atoms with Crippen LogP contribution in [-0.4, -0.2) is 15.5 Å². The molecule has 0 unspecified atom stereocenters. The van der Waals surface area contributed by atoms with Crippen LogP contribution in [0.4, 0.5) is 4.39 Å². The predicted molar refractivity (Wildman–Crippen MR) is 88.3 cm³/mol. The quantitative estimate of drug-likeness (QED) is 0.800. The zero-order valence-corrected chi connectivity index (χ0v) is 12.9. The van der Waals surface area contributed by atoms with Crippen LogP contribution in [0.15, 0.2) is 67.3 Å². The molecule has 4 nitrogen and oxygen atoms in total. The molecule has 3 aromatic rings. The summed E-state index contributed by atoms with van der Waals surface area (Å²) < 4.78 is 15.0. The van der Waals surface area contributed by atoms with E-state index < -0.39 is 0 Å². The molecule has 1 aromatic heterocycles. The second kappa shape index (κ2) is 5.60. The highest BCUT2D eigenvalue weighted by Gasteiger charge is 2.45. The summed E-state index contributed by atoms with van der Waals surface area (Å²) in [5.74, 6) is -0.384. The summed E-state index contributed by atoms with van der Waals surface area (Å²) >= 11 is 0. The van der Waals surface area contributed by atoms with Crippen LogP contribution < -0.4 is 5.32 Å². The summed E-state index contributed by atoms with van der Waals surface area (Å²) in [5, 5.41) is 3.09. The van der Waals surface area contributed by atoms with Crippen molar-refractivity contribution < 1.29 is 9.18 Å². The highest BCUT2D eigenvalue weighted by Crippen LogP contribution is 2.45. The number of carbonyl (C=O) groups is 1. The fourth-order valence-corrected chi connectivity index (χ4v) is 2.87. The lowest BCUT2D eigenvalue weighted by molar-refractivity contribution is 0.0931. The minimum atomic E-state index is -0.353. The molecule has 1 aliphatic rings. The zero-order valence-electron chi connectivity index (χ0n) is 12.9. The molecule has 2 aromatic carbocycles. The van der Waals surface area contributed by atoms with Crippen LogP contribution in [-0.2, 0) is 5.54 Å². The SMILES string of the molecule is O=C(NC1(c2ccc(F)cc2)CC1)c1ccc(-n2ccnc2)cc1. The van der Waals surface area contributed by atoms with Crippen LogP contribution >= 0.6 is 0 Å². The standard InChI is InChI=1S/C19H16FN3O/c20-16-5-3-15(4-6-16)19(9-10-19)22-18(24)14-1-7-17(8-2-14)23-12-11-21-13-23/h1-8,11-13H,9-10H2,(H,22,24). The molecule has 1 amide bonds. The number of halogens is 1. The predicted octanol–water partition coefficient (Wildman–Crippen LogP) is 3.43. The lowest BCUT2D eigenvalue weighted by Gasteiger charge is -2.18. The van der Waals surface area contributed by atoms with Gasteiger partial charge in [0.15, 0.2) is 0 Å². The molecule has 0 atom stereocenters. The molecular weight excluding hydrogens is 305 g/mol. The molecule has 24 heavy (non-hydrogen) atoms. The molecule has 1 heterocycles. The smallest absolute Gasteiger partial charge is 0.251 e. The Bertz CT molecular complexity index is 851. The summed E-state index contributed by atoms with van der Waals surface area (Å²) in [5.41, 5.74) is 2.15. The largest absolute Gasteiger partial charge is 0.343 e. The molecular formula is C19H16FN3O. The monoisotopic (exact) mass is 321 g/mol. The molecule has 1 fully saturated rings. The number of benzene rings is 2. The van der Waals surface area contributed by atoms with Gasteiger partial charge in [-0.25, -0.2) is 9.37 Å². The topological polar surface area (TPSA) is 46.9 Å². The van der Waals surface area contributed by atoms with Crippen molar-refractivity contribution in [3.8, 4) is 5.69 Å². The van der Waals surface area contributed by atoms with Crippen LogP contribution in [0, 0.1) is 5.82 Å². The van der Waals surface area contributed by atoms with Gasteiger partial charge in [-0.05, 0) is 54.8 Å². The molecule has 0 bridgehead atoms. The summed E-state index contributed by atoms with van der Waals surface area (Å²) in [6.07, 6.45) is 7.01. The third-order valence-corrected chi connectivity index (χ3v) is 4.43. The van der Waals surface area contributed by atoms with Crippen molar-refractivity contribution in [2.75, 3.05) is 0 Å². The van der Waals surface area contributed by atoms with Crippen molar-refractivity contribution in [2.45, 2.75) is 18.4 Å². The third kappa shape index (κ3) is 2.69. The van der Waals surface area contributed by atoms with E-state index in [-0.39, 0.29) is 17.3 Å². The van der Waals surface area contributed by atoms with Crippen molar-refractivity contribution in [3.63, 3.8) is 0 Å². The molecule has 1 aliphatic carbocycles. The molecule has 1 saturated carbocycles. The van der Waals surface area contributed by atoms with Gasteiger partial charge in [0.2, 0.25) is 0 Å². The lowest BCUT2D eigenvalue weighted by atomic mass is 10.0. The molecule has 0 saturated heterocycles. The van der Waals surface area contributed by atoms with Crippen molar-refractivity contribution in [1.29, 1.82) is 0 Å². The molecule has 120 valence electrons. The number of hydrogen-bond donors (Lipinski definition) is 1. The van der Waals surface area contributed by atoms with E-state index in [4.69, 9.17) is 0 Å². The van der Waals surface area contributed by atoms with Gasteiger partial charge in [0, 0.05) is 23.6 Å². The minimum Gasteiger partial charge on any atom is -0.343 e. The third-order valence-electron chi connectivity index (χ3n) is 4.43. The van der Waals surface area contributed by atoms with Gasteiger partial charge in [-0.2, -0.15) is 0 Å². The van der Waals surface area contributed by atoms with Gasteiger partial charge in [-0.15, -0.1) is 0 Å². The van der Waals surface area contributed by atoms with E-state index in [0.717, 1.165) is 24.1 Å². The minimum absolute atomic E-state index is 0.117. The first-order chi connectivity index (χ1) is 11.7. The van der Waals surface area contributed by atoms with Crippen molar-refractivity contribution >= 4 is 5.91 Å². The second-order valence-corrected chi connectivity index (χ2v) is 6.06. The van der Waals surface area contributed by atoms with E-state index >= 15 is 0 Å². The Morgan fingerprint density at radius 3 is 2.38 bits per heavy atom. The van der Waals surface area contributed by atoms with Crippen LogP contribution in [0.25, 0.3) is 5.69 Å². The number of imidazole rings is 1. The number of hydrogen-bond acceptors (Lipinski definition) is 2. The first-order valence-corrected chi connectivity index (χ1v) is 7.83. The summed E-state index contributed by atoms with van der Waals surface area (Å²) in [6.45, 7) is 0. The Hall–Kier alpha value is -2.95. The van der Waals surface area contributed by atoms with Crippen molar-refractivity contribution in [1.82, 2.24) is 14.9 Å². The van der Waals surface area contributed by atoms with Crippen LogP contribution in [0.2, 0.25) is 0 Å². The highest BCUT2D eigenvalue weighted by molar-refractivity contribution is 5.95. The van der Waals surface area contributed by atoms with Gasteiger partial charge >= 0.3 is 0 Å². The summed E-state index contributed by atoms with van der Waals surface area (Å²) in [7, 11) is 0. The highest BCUT2D eigenvalue weighted by atomic mass is 19.1. The molecule has 0 spiro atoms. The number of nitrogens with one attached hydrogen (secondary N) is 1. The Balaban J connectivity index is 1.51. The van der Waals surface area contributed by atoms with Crippen molar-refractivity contribution in [3.05, 3.63) is 84.2 Å². The number of amides is 1. The van der Waals surface area contributed by atoms with Gasteiger partial charge in [0.25, 0.3) is 5.91 Å². The summed E-state index contributed by atoms with van der Waals surface area (Å²) in [6, 6.07) is 13.7. The maximum absolute atomic E-state index is 13.1. The van der Waals surface area contributed by atoms with E-state index in [1.54, 1.807) is 36.8 Å². The Morgan fingerprint density at radius 1 is 1.08 bits per heavy atom. The average molecular weight is 321 g/mol. The van der Waals surface area contributed by atoms with Crippen LogP contribution in [0.5, 0.6) is 0 Å². The normalized spacial score (nSPS) is 15.0. The van der Waals surface area contributed by atoms with E-state index in [1.165, 1.54) is 12.1 Å². The fourth-order valence-electron chi connectivity index (χ4n) is 2.87. The van der Waals surface area contributed by atoms with Gasteiger partial charge in [0.1, 0.15) is 5.82 Å². The maximum Gasteiger partial charge on any atom is 0.251 e. The Kier molecular flexibility index (Phi) is 3.41. The van der Waals surface area contributed by atoms with Crippen LogP contribution in [0.3, 0.4) is 0 Å². The molecule has 1 N–H and O–H groups in total. The first kappa shape index (κ1) is 14.6. The van der Waals surface area contributed by atoms with Crippen LogP contribution in [0.1, 0.15) is 28.8 Å². The van der Waals surface area contributed by atoms with Crippen molar-refractivity contribution in [2.24, 2.45) is 0 Å². The van der Waals surface area contributed by atoms with Gasteiger partial charge in [0.05, 0.1) is 11.9 Å². The Morgan fingerprint density at radius 2 is 1.79 bits per heavy atom. The van der Waals surface area contributed by atoms with Gasteiger partial charge in [-0.1, -0.05) is 12.1 Å². The van der Waals surface area contributed by atoms with E-state index in [0.29, 0.717) is 5.56 Å². The number of carbonyl (C=O) groups excluding carboxylic acids is 1. The molecule has 0 radical (unpaired) electrons. The maximum atomic E-state index is 13.1. The zero-order chi connectivity index (χ0) is 16.6. The van der Waals surface area contributed by atoms with Gasteiger partial charge in [-0.3, -0.25) is 4.79 Å². The first-order valence-electron chi connectivity index (χ1n) is 7.83. The van der Waals surface area contributed by atoms with Gasteiger partial charge < -0.3 is 9.88 Å². The Labute approximate surface area is 139 Å². The molecule has 4 rings (SSSR count). The van der Waals surface area contributed by atoms with E-state index in [9.17, 15) is 9.18 Å². The summed E-state index contributed by atoms with van der Waals surface area (Å²) in [4.78, 5) is 16.5. The average Bonchev–Trinajstić information content (AvgIpc) is 3.18. The van der Waals surface area contributed by atoms with E-state index in [1.807, 2.05) is 22.9 Å². The fraction of sp³-hybridized carbons (Fsp3) is 0.158. The number of aromatic nitrogens is 2.